The fourth-order valence-corrected chi connectivity index (χ4v) is 5.61. The number of sulfonamides is 1. The predicted octanol–water partition coefficient (Wildman–Crippen LogP) is 5.61. The lowest BCUT2D eigenvalue weighted by atomic mass is 10.2. The zero-order valence-electron chi connectivity index (χ0n) is 21.6. The second-order valence-corrected chi connectivity index (χ2v) is 11.0. The number of nitrogens with one attached hydrogen (secondary N) is 2. The number of carbonyl (C=O) groups is 1. The van der Waals surface area contributed by atoms with Crippen LogP contribution >= 0.6 is 0 Å². The standard InChI is InChI=1S/C31H25N5O3S/c1-21-16-18-24(19-17-21)40(38,39)35-29-27(31(37)32-20-22-10-4-2-5-11-22)28-30(36(29)23-12-6-3-7-13-23)34-26-15-9-8-14-25(26)33-28/h2-19,35H,20H2,1H3,(H,32,37). The maximum Gasteiger partial charge on any atom is 0.263 e. The number of nitrogens with zero attached hydrogens (tertiary/aromatic N) is 3. The molecule has 40 heavy (non-hydrogen) atoms. The third-order valence-corrected chi connectivity index (χ3v) is 7.92. The Hall–Kier alpha value is -5.02. The molecular formula is C31H25N5O3S. The number of carbonyl (C=O) groups excluding carboxylic acids is 1. The molecule has 198 valence electrons. The summed E-state index contributed by atoms with van der Waals surface area (Å²) in [4.78, 5) is 23.6. The zero-order chi connectivity index (χ0) is 27.7. The molecule has 2 heterocycles. The van der Waals surface area contributed by atoms with Crippen LogP contribution in [0.5, 0.6) is 0 Å². The molecule has 0 aliphatic heterocycles. The Labute approximate surface area is 231 Å². The highest BCUT2D eigenvalue weighted by Crippen LogP contribution is 2.34. The molecule has 9 heteroatoms. The molecule has 2 N–H and O–H groups in total. The molecular weight excluding hydrogens is 522 g/mol. The topological polar surface area (TPSA) is 106 Å². The largest absolute Gasteiger partial charge is 0.348 e. The van der Waals surface area contributed by atoms with E-state index in [0.29, 0.717) is 22.4 Å². The third-order valence-electron chi connectivity index (χ3n) is 6.56. The third kappa shape index (κ3) is 4.78. The van der Waals surface area contributed by atoms with Crippen LogP contribution in [0, 0.1) is 6.92 Å². The van der Waals surface area contributed by atoms with E-state index >= 15 is 0 Å². The number of para-hydroxylation sites is 3. The molecule has 2 aromatic heterocycles. The summed E-state index contributed by atoms with van der Waals surface area (Å²) in [5.74, 6) is -0.419. The predicted molar refractivity (Wildman–Crippen MR) is 156 cm³/mol. The molecule has 0 saturated heterocycles. The van der Waals surface area contributed by atoms with Gasteiger partial charge in [-0.05, 0) is 48.9 Å². The second kappa shape index (κ2) is 10.3. The van der Waals surface area contributed by atoms with Gasteiger partial charge in [-0.1, -0.05) is 78.4 Å². The van der Waals surface area contributed by atoms with Crippen LogP contribution in [0.25, 0.3) is 27.9 Å². The first-order valence-electron chi connectivity index (χ1n) is 12.7. The van der Waals surface area contributed by atoms with Crippen LogP contribution in [0.2, 0.25) is 0 Å². The van der Waals surface area contributed by atoms with Gasteiger partial charge in [0.05, 0.1) is 15.9 Å². The number of fused-ring (bicyclic) bond motifs is 2. The lowest BCUT2D eigenvalue weighted by molar-refractivity contribution is 0.0953. The van der Waals surface area contributed by atoms with Crippen molar-refractivity contribution < 1.29 is 13.2 Å². The van der Waals surface area contributed by atoms with E-state index in [9.17, 15) is 13.2 Å². The Morgan fingerprint density at radius 3 is 2.05 bits per heavy atom. The van der Waals surface area contributed by atoms with Gasteiger partial charge >= 0.3 is 0 Å². The van der Waals surface area contributed by atoms with Crippen molar-refractivity contribution in [2.24, 2.45) is 0 Å². The van der Waals surface area contributed by atoms with Crippen molar-refractivity contribution in [3.63, 3.8) is 0 Å². The Morgan fingerprint density at radius 1 is 0.775 bits per heavy atom. The number of benzene rings is 4. The molecule has 0 radical (unpaired) electrons. The molecule has 0 aliphatic carbocycles. The Morgan fingerprint density at radius 2 is 1.38 bits per heavy atom. The van der Waals surface area contributed by atoms with Crippen molar-refractivity contribution in [3.05, 3.63) is 126 Å². The van der Waals surface area contributed by atoms with Crippen molar-refractivity contribution in [2.75, 3.05) is 4.72 Å². The summed E-state index contributed by atoms with van der Waals surface area (Å²) in [5, 5.41) is 2.94. The fourth-order valence-electron chi connectivity index (χ4n) is 4.55. The molecule has 6 rings (SSSR count). The molecule has 6 aromatic rings. The van der Waals surface area contributed by atoms with Gasteiger partial charge in [-0.3, -0.25) is 14.1 Å². The van der Waals surface area contributed by atoms with Gasteiger partial charge in [0.2, 0.25) is 0 Å². The van der Waals surface area contributed by atoms with E-state index < -0.39 is 15.9 Å². The molecule has 1 amide bonds. The number of hydrogen-bond donors (Lipinski definition) is 2. The molecule has 0 saturated carbocycles. The van der Waals surface area contributed by atoms with Crippen LogP contribution in [0.1, 0.15) is 21.5 Å². The van der Waals surface area contributed by atoms with Gasteiger partial charge < -0.3 is 5.32 Å². The van der Waals surface area contributed by atoms with Crippen LogP contribution in [0.4, 0.5) is 5.82 Å². The van der Waals surface area contributed by atoms with E-state index in [4.69, 9.17) is 9.97 Å². The van der Waals surface area contributed by atoms with Crippen molar-refractivity contribution in [1.29, 1.82) is 0 Å². The lowest BCUT2D eigenvalue weighted by Gasteiger charge is -2.14. The van der Waals surface area contributed by atoms with E-state index in [1.54, 1.807) is 16.7 Å². The second-order valence-electron chi connectivity index (χ2n) is 9.37. The summed E-state index contributed by atoms with van der Waals surface area (Å²) in [5.41, 5.74) is 4.40. The van der Waals surface area contributed by atoms with Crippen LogP contribution < -0.4 is 10.0 Å². The smallest absolute Gasteiger partial charge is 0.263 e. The van der Waals surface area contributed by atoms with Crippen LogP contribution in [-0.4, -0.2) is 28.9 Å². The van der Waals surface area contributed by atoms with Gasteiger partial charge in [0.1, 0.15) is 16.9 Å². The average molecular weight is 548 g/mol. The minimum atomic E-state index is -4.08. The monoisotopic (exact) mass is 547 g/mol. The quantitative estimate of drug-likeness (QED) is 0.270. The minimum Gasteiger partial charge on any atom is -0.348 e. The highest BCUT2D eigenvalue weighted by molar-refractivity contribution is 7.92. The average Bonchev–Trinajstić information content (AvgIpc) is 3.27. The van der Waals surface area contributed by atoms with Crippen molar-refractivity contribution in [2.45, 2.75) is 18.4 Å². The molecule has 0 spiro atoms. The van der Waals surface area contributed by atoms with Gasteiger partial charge in [-0.25, -0.2) is 18.4 Å². The molecule has 4 aromatic carbocycles. The van der Waals surface area contributed by atoms with E-state index in [1.807, 2.05) is 91.9 Å². The highest BCUT2D eigenvalue weighted by Gasteiger charge is 2.29. The van der Waals surface area contributed by atoms with Gasteiger partial charge in [-0.2, -0.15) is 0 Å². The van der Waals surface area contributed by atoms with Crippen LogP contribution in [0.15, 0.2) is 114 Å². The first-order valence-corrected chi connectivity index (χ1v) is 14.2. The summed E-state index contributed by atoms with van der Waals surface area (Å²) < 4.78 is 31.7. The molecule has 0 bridgehead atoms. The van der Waals surface area contributed by atoms with Gasteiger partial charge in [0.15, 0.2) is 5.65 Å². The van der Waals surface area contributed by atoms with Crippen molar-refractivity contribution in [1.82, 2.24) is 19.9 Å². The van der Waals surface area contributed by atoms with Gasteiger partial charge in [0, 0.05) is 12.2 Å². The Kier molecular flexibility index (Phi) is 6.49. The SMILES string of the molecule is Cc1ccc(S(=O)(=O)Nc2c(C(=O)NCc3ccccc3)c3nc4ccccc4nc3n2-c2ccccc2)cc1. The minimum absolute atomic E-state index is 0.0580. The first-order chi connectivity index (χ1) is 19.4. The summed E-state index contributed by atoms with van der Waals surface area (Å²) in [6.45, 7) is 2.14. The lowest BCUT2D eigenvalue weighted by Crippen LogP contribution is -2.25. The number of amides is 1. The number of aromatic nitrogens is 3. The maximum atomic E-state index is 13.9. The molecule has 8 nitrogen and oxygen atoms in total. The summed E-state index contributed by atoms with van der Waals surface area (Å²) in [6, 6.07) is 32.5. The molecule has 0 fully saturated rings. The molecule has 0 atom stereocenters. The van der Waals surface area contributed by atoms with Crippen LogP contribution in [0.3, 0.4) is 0 Å². The number of hydrogen-bond acceptors (Lipinski definition) is 5. The van der Waals surface area contributed by atoms with Crippen LogP contribution in [-0.2, 0) is 16.6 Å². The maximum absolute atomic E-state index is 13.9. The number of aryl methyl sites for hydroxylation is 1. The summed E-state index contributed by atoms with van der Waals surface area (Å²) in [6.07, 6.45) is 0. The van der Waals surface area contributed by atoms with Gasteiger partial charge in [-0.15, -0.1) is 0 Å². The summed E-state index contributed by atoms with van der Waals surface area (Å²) in [7, 11) is -4.08. The first kappa shape index (κ1) is 25.3. The van der Waals surface area contributed by atoms with Crippen molar-refractivity contribution >= 4 is 43.9 Å². The zero-order valence-corrected chi connectivity index (χ0v) is 22.4. The molecule has 0 aliphatic rings. The Balaban J connectivity index is 1.59. The number of anilines is 1. The normalized spacial score (nSPS) is 11.5. The molecule has 0 unspecified atom stereocenters. The summed E-state index contributed by atoms with van der Waals surface area (Å²) >= 11 is 0. The van der Waals surface area contributed by atoms with Gasteiger partial charge in [0.25, 0.3) is 15.9 Å². The van der Waals surface area contributed by atoms with Crippen molar-refractivity contribution in [3.8, 4) is 5.69 Å². The van der Waals surface area contributed by atoms with E-state index in [2.05, 4.69) is 10.0 Å². The highest BCUT2D eigenvalue weighted by atomic mass is 32.2. The van der Waals surface area contributed by atoms with E-state index in [-0.39, 0.29) is 28.3 Å². The van der Waals surface area contributed by atoms with E-state index in [0.717, 1.165) is 11.1 Å². The fraction of sp³-hybridized carbons (Fsp3) is 0.0645. The Bertz CT molecular complexity index is 1950. The van der Waals surface area contributed by atoms with E-state index in [1.165, 1.54) is 12.1 Å². The number of rotatable bonds is 7.